The summed E-state index contributed by atoms with van der Waals surface area (Å²) in [5.41, 5.74) is 8.79. The van der Waals surface area contributed by atoms with Crippen molar-refractivity contribution in [3.05, 3.63) is 131 Å². The number of hydrogen-bond acceptors (Lipinski definition) is 2. The minimum Gasteiger partial charge on any atom is -0.344 e. The lowest BCUT2D eigenvalue weighted by molar-refractivity contribution is 0.443. The second-order valence-electron chi connectivity index (χ2n) is 12.6. The molecule has 7 rings (SSSR count). The molecule has 0 bridgehead atoms. The molecule has 0 N–H and O–H groups in total. The van der Waals surface area contributed by atoms with Crippen molar-refractivity contribution in [2.75, 3.05) is 16.5 Å². The minimum atomic E-state index is 0.225. The molecule has 2 aliphatic carbocycles. The van der Waals surface area contributed by atoms with Gasteiger partial charge in [-0.2, -0.15) is 0 Å². The van der Waals surface area contributed by atoms with Gasteiger partial charge < -0.3 is 9.80 Å². The van der Waals surface area contributed by atoms with E-state index in [-0.39, 0.29) is 12.1 Å². The number of para-hydroxylation sites is 2. The molecule has 0 aromatic heterocycles. The molecule has 0 radical (unpaired) electrons. The Bertz CT molecular complexity index is 1290. The molecule has 0 amide bonds. The van der Waals surface area contributed by atoms with E-state index >= 15 is 0 Å². The van der Waals surface area contributed by atoms with E-state index in [4.69, 9.17) is 0 Å². The van der Waals surface area contributed by atoms with E-state index in [0.29, 0.717) is 11.8 Å². The smallest absolute Gasteiger partial charge is 0.0917 e. The molecule has 3 aliphatic rings. The maximum absolute atomic E-state index is 2.76. The van der Waals surface area contributed by atoms with Gasteiger partial charge in [0.1, 0.15) is 0 Å². The van der Waals surface area contributed by atoms with Gasteiger partial charge >= 0.3 is 0 Å². The molecule has 0 spiro atoms. The lowest BCUT2D eigenvalue weighted by Gasteiger charge is -2.34. The van der Waals surface area contributed by atoms with Crippen LogP contribution in [0.15, 0.2) is 109 Å². The summed E-state index contributed by atoms with van der Waals surface area (Å²) in [4.78, 5) is 5.52. The Morgan fingerprint density at radius 1 is 0.390 bits per heavy atom. The molecule has 0 unspecified atom stereocenters. The van der Waals surface area contributed by atoms with Crippen LogP contribution in [-0.2, 0) is 0 Å². The first-order valence-electron chi connectivity index (χ1n) is 16.2. The van der Waals surface area contributed by atoms with Crippen molar-refractivity contribution in [2.24, 2.45) is 0 Å². The van der Waals surface area contributed by atoms with Crippen LogP contribution in [0.25, 0.3) is 0 Å². The molecular weight excluding hydrogens is 496 g/mol. The highest BCUT2D eigenvalue weighted by atomic mass is 15.4. The quantitative estimate of drug-likeness (QED) is 0.240. The Balaban J connectivity index is 1.39. The first kappa shape index (κ1) is 26.4. The van der Waals surface area contributed by atoms with Crippen LogP contribution in [0.3, 0.4) is 0 Å². The highest BCUT2D eigenvalue weighted by Gasteiger charge is 2.44. The summed E-state index contributed by atoms with van der Waals surface area (Å²) >= 11 is 0. The third-order valence-electron chi connectivity index (χ3n) is 10.1. The Morgan fingerprint density at radius 3 is 1.17 bits per heavy atom. The van der Waals surface area contributed by atoms with E-state index in [0.717, 1.165) is 6.67 Å². The Morgan fingerprint density at radius 2 is 0.756 bits per heavy atom. The Hall–Kier alpha value is -3.52. The molecule has 2 atom stereocenters. The first-order chi connectivity index (χ1) is 20.4. The first-order valence-corrected chi connectivity index (χ1v) is 16.2. The predicted octanol–water partition coefficient (Wildman–Crippen LogP) is 10.5. The van der Waals surface area contributed by atoms with Crippen molar-refractivity contribution in [1.29, 1.82) is 0 Å². The molecule has 2 heteroatoms. The van der Waals surface area contributed by atoms with Crippen molar-refractivity contribution in [2.45, 2.75) is 88.1 Å². The lowest BCUT2D eigenvalue weighted by atomic mass is 9.82. The molecule has 41 heavy (non-hydrogen) atoms. The van der Waals surface area contributed by atoms with Gasteiger partial charge in [0.05, 0.1) is 18.8 Å². The second-order valence-corrected chi connectivity index (χ2v) is 12.6. The van der Waals surface area contributed by atoms with E-state index in [2.05, 4.69) is 119 Å². The van der Waals surface area contributed by atoms with Crippen LogP contribution in [0.5, 0.6) is 0 Å². The summed E-state index contributed by atoms with van der Waals surface area (Å²) in [6.07, 6.45) is 13.5. The summed E-state index contributed by atoms with van der Waals surface area (Å²) < 4.78 is 0. The maximum Gasteiger partial charge on any atom is 0.0917 e. The minimum absolute atomic E-state index is 0.225. The van der Waals surface area contributed by atoms with Crippen LogP contribution < -0.4 is 9.80 Å². The number of benzene rings is 4. The van der Waals surface area contributed by atoms with Crippen molar-refractivity contribution in [3.63, 3.8) is 0 Å². The highest BCUT2D eigenvalue weighted by Crippen LogP contribution is 2.52. The molecule has 3 fully saturated rings. The van der Waals surface area contributed by atoms with Gasteiger partial charge in [-0.1, -0.05) is 136 Å². The van der Waals surface area contributed by atoms with Crippen molar-refractivity contribution in [1.82, 2.24) is 0 Å². The SMILES string of the molecule is c1ccc([C@@H]2[C@@H](c3ccccc3)N(c3ccccc3C3CCCCC3)CN2c2ccccc2C2CCCCC2)cc1. The molecule has 4 aromatic carbocycles. The molecule has 210 valence electrons. The summed E-state index contributed by atoms with van der Waals surface area (Å²) in [6.45, 7) is 0.895. The molecule has 1 heterocycles. The number of rotatable bonds is 6. The maximum atomic E-state index is 2.76. The van der Waals surface area contributed by atoms with E-state index in [1.807, 2.05) is 0 Å². The Labute approximate surface area is 247 Å². The summed E-state index contributed by atoms with van der Waals surface area (Å²) in [5.74, 6) is 1.32. The van der Waals surface area contributed by atoms with Crippen LogP contribution in [0.2, 0.25) is 0 Å². The van der Waals surface area contributed by atoms with Crippen LogP contribution in [0, 0.1) is 0 Å². The van der Waals surface area contributed by atoms with Crippen molar-refractivity contribution >= 4 is 11.4 Å². The molecular formula is C39H44N2. The summed E-state index contributed by atoms with van der Waals surface area (Å²) in [5, 5.41) is 0. The number of nitrogens with zero attached hydrogens (tertiary/aromatic N) is 2. The predicted molar refractivity (Wildman–Crippen MR) is 173 cm³/mol. The van der Waals surface area contributed by atoms with Crippen LogP contribution in [-0.4, -0.2) is 6.67 Å². The normalized spacial score (nSPS) is 22.2. The third kappa shape index (κ3) is 5.30. The second kappa shape index (κ2) is 12.1. The molecule has 1 aliphatic heterocycles. The number of hydrogen-bond donors (Lipinski definition) is 0. The molecule has 4 aromatic rings. The van der Waals surface area contributed by atoms with Gasteiger partial charge in [-0.05, 0) is 71.9 Å². The van der Waals surface area contributed by atoms with E-state index in [1.165, 1.54) is 86.7 Å². The van der Waals surface area contributed by atoms with Gasteiger partial charge in [0, 0.05) is 11.4 Å². The van der Waals surface area contributed by atoms with Gasteiger partial charge in [0.2, 0.25) is 0 Å². The van der Waals surface area contributed by atoms with Gasteiger partial charge in [-0.25, -0.2) is 0 Å². The zero-order valence-electron chi connectivity index (χ0n) is 24.4. The number of anilines is 2. The van der Waals surface area contributed by atoms with Gasteiger partial charge in [-0.3, -0.25) is 0 Å². The van der Waals surface area contributed by atoms with E-state index in [1.54, 1.807) is 11.1 Å². The monoisotopic (exact) mass is 540 g/mol. The van der Waals surface area contributed by atoms with Gasteiger partial charge in [0.25, 0.3) is 0 Å². The Kier molecular flexibility index (Phi) is 7.82. The zero-order chi connectivity index (χ0) is 27.4. The highest BCUT2D eigenvalue weighted by molar-refractivity contribution is 5.66. The van der Waals surface area contributed by atoms with Crippen LogP contribution >= 0.6 is 0 Å². The standard InChI is InChI=1S/C39H44N2/c1-5-17-30(18-6-1)34-25-13-15-27-36(34)40-29-41(37-28-16-14-26-35(37)31-19-7-2-8-20-31)39(33-23-11-4-12-24-33)38(40)32-21-9-3-10-22-32/h3-4,9-16,21-28,30-31,38-39H,1-2,5-8,17-20,29H2/t38-,39-/m1/s1. The zero-order valence-corrected chi connectivity index (χ0v) is 24.4. The van der Waals surface area contributed by atoms with Gasteiger partial charge in [0.15, 0.2) is 0 Å². The van der Waals surface area contributed by atoms with Crippen LogP contribution in [0.4, 0.5) is 11.4 Å². The fourth-order valence-corrected chi connectivity index (χ4v) is 8.17. The topological polar surface area (TPSA) is 6.48 Å². The fraction of sp³-hybridized carbons (Fsp3) is 0.385. The van der Waals surface area contributed by atoms with Gasteiger partial charge in [-0.15, -0.1) is 0 Å². The van der Waals surface area contributed by atoms with Crippen molar-refractivity contribution in [3.8, 4) is 0 Å². The van der Waals surface area contributed by atoms with E-state index < -0.39 is 0 Å². The largest absolute Gasteiger partial charge is 0.344 e. The summed E-state index contributed by atoms with van der Waals surface area (Å²) in [7, 11) is 0. The fourth-order valence-electron chi connectivity index (χ4n) is 8.17. The lowest BCUT2D eigenvalue weighted by Crippen LogP contribution is -2.28. The van der Waals surface area contributed by atoms with Crippen LogP contribution in [0.1, 0.15) is 110 Å². The van der Waals surface area contributed by atoms with Crippen molar-refractivity contribution < 1.29 is 0 Å². The summed E-state index contributed by atoms with van der Waals surface area (Å²) in [6, 6.07) is 41.8. The average Bonchev–Trinajstić information content (AvgIpc) is 3.47. The molecule has 1 saturated heterocycles. The van der Waals surface area contributed by atoms with E-state index in [9.17, 15) is 0 Å². The third-order valence-corrected chi connectivity index (χ3v) is 10.1. The molecule has 2 saturated carbocycles. The average molecular weight is 541 g/mol. The molecule has 2 nitrogen and oxygen atoms in total.